The van der Waals surface area contributed by atoms with Crippen LogP contribution in [0.3, 0.4) is 0 Å². The number of hydrogen-bond acceptors (Lipinski definition) is 4. The van der Waals surface area contributed by atoms with Gasteiger partial charge in [0.05, 0.1) is 6.04 Å². The number of nitrogens with one attached hydrogen (secondary N) is 2. The summed E-state index contributed by atoms with van der Waals surface area (Å²) in [5.74, 6) is 1.29. The number of fused-ring (bicyclic) bond motifs is 2. The van der Waals surface area contributed by atoms with Gasteiger partial charge in [0.25, 0.3) is 5.91 Å². The Morgan fingerprint density at radius 1 is 1.12 bits per heavy atom. The fraction of sp³-hybridized carbons (Fsp3) is 0.263. The first-order valence-corrected chi connectivity index (χ1v) is 8.23. The average molecular weight is 338 g/mol. The molecular weight excluding hydrogens is 320 g/mol. The second-order valence-electron chi connectivity index (χ2n) is 6.23. The number of aryl methyl sites for hydroxylation is 1. The van der Waals surface area contributed by atoms with Gasteiger partial charge in [-0.2, -0.15) is 0 Å². The molecule has 4 rings (SSSR count). The molecule has 0 saturated carbocycles. The summed E-state index contributed by atoms with van der Waals surface area (Å²) < 4.78 is 10.7. The minimum absolute atomic E-state index is 0.0149. The molecule has 2 aromatic rings. The van der Waals surface area contributed by atoms with Crippen molar-refractivity contribution in [2.45, 2.75) is 25.8 Å². The predicted octanol–water partition coefficient (Wildman–Crippen LogP) is 2.79. The predicted molar refractivity (Wildman–Crippen MR) is 91.8 cm³/mol. The maximum absolute atomic E-state index is 12.6. The molecule has 0 fully saturated rings. The fourth-order valence-corrected chi connectivity index (χ4v) is 3.07. The summed E-state index contributed by atoms with van der Waals surface area (Å²) in [7, 11) is 0. The van der Waals surface area contributed by atoms with Crippen molar-refractivity contribution >= 4 is 17.5 Å². The van der Waals surface area contributed by atoms with Crippen molar-refractivity contribution in [2.24, 2.45) is 0 Å². The molecule has 0 radical (unpaired) electrons. The van der Waals surface area contributed by atoms with Crippen LogP contribution in [0.4, 0.5) is 5.69 Å². The molecule has 2 aliphatic heterocycles. The lowest BCUT2D eigenvalue weighted by Gasteiger charge is -2.19. The number of anilines is 1. The largest absolute Gasteiger partial charge is 0.454 e. The van der Waals surface area contributed by atoms with Crippen LogP contribution in [-0.2, 0) is 11.2 Å². The summed E-state index contributed by atoms with van der Waals surface area (Å²) >= 11 is 0. The van der Waals surface area contributed by atoms with Crippen LogP contribution < -0.4 is 20.1 Å². The molecule has 1 atom stereocenters. The van der Waals surface area contributed by atoms with Gasteiger partial charge in [0.2, 0.25) is 12.7 Å². The Bertz CT molecular complexity index is 862. The van der Waals surface area contributed by atoms with Gasteiger partial charge in [0, 0.05) is 17.7 Å². The molecular formula is C19H18N2O4. The molecule has 2 amide bonds. The van der Waals surface area contributed by atoms with Gasteiger partial charge in [-0.3, -0.25) is 9.59 Å². The Labute approximate surface area is 145 Å². The third-order valence-corrected chi connectivity index (χ3v) is 4.51. The SMILES string of the molecule is CC(NC(=O)c1ccc2c(c1)CCC(=O)N2)c1ccc2c(c1)OCO2. The summed E-state index contributed by atoms with van der Waals surface area (Å²) in [5, 5.41) is 5.82. The summed E-state index contributed by atoms with van der Waals surface area (Å²) in [6, 6.07) is 10.8. The lowest BCUT2D eigenvalue weighted by molar-refractivity contribution is -0.116. The second-order valence-corrected chi connectivity index (χ2v) is 6.23. The third-order valence-electron chi connectivity index (χ3n) is 4.51. The Morgan fingerprint density at radius 3 is 2.84 bits per heavy atom. The van der Waals surface area contributed by atoms with Crippen LogP contribution in [0.25, 0.3) is 0 Å². The molecule has 1 unspecified atom stereocenters. The summed E-state index contributed by atoms with van der Waals surface area (Å²) in [6.45, 7) is 2.15. The van der Waals surface area contributed by atoms with Gasteiger partial charge >= 0.3 is 0 Å². The highest BCUT2D eigenvalue weighted by Crippen LogP contribution is 2.34. The molecule has 128 valence electrons. The Kier molecular flexibility index (Phi) is 3.80. The van der Waals surface area contributed by atoms with E-state index in [0.717, 1.165) is 22.6 Å². The summed E-state index contributed by atoms with van der Waals surface area (Å²) in [6.07, 6.45) is 1.10. The maximum Gasteiger partial charge on any atom is 0.251 e. The first kappa shape index (κ1) is 15.5. The standard InChI is InChI=1S/C19H18N2O4/c1-11(12-3-6-16-17(9-12)25-10-24-16)20-19(23)14-2-5-15-13(8-14)4-7-18(22)21-15/h2-3,5-6,8-9,11H,4,7,10H2,1H3,(H,20,23)(H,21,22). The summed E-state index contributed by atoms with van der Waals surface area (Å²) in [4.78, 5) is 24.0. The Morgan fingerprint density at radius 2 is 1.96 bits per heavy atom. The highest BCUT2D eigenvalue weighted by molar-refractivity contribution is 5.98. The van der Waals surface area contributed by atoms with Gasteiger partial charge in [0.15, 0.2) is 11.5 Å². The number of carbonyl (C=O) groups excluding carboxylic acids is 2. The van der Waals surface area contributed by atoms with Crippen LogP contribution in [0.15, 0.2) is 36.4 Å². The van der Waals surface area contributed by atoms with Gasteiger partial charge in [-0.15, -0.1) is 0 Å². The van der Waals surface area contributed by atoms with E-state index < -0.39 is 0 Å². The molecule has 0 saturated heterocycles. The highest BCUT2D eigenvalue weighted by Gasteiger charge is 2.19. The van der Waals surface area contributed by atoms with Gasteiger partial charge in [-0.1, -0.05) is 6.07 Å². The number of amides is 2. The van der Waals surface area contributed by atoms with E-state index in [1.54, 1.807) is 12.1 Å². The molecule has 0 aromatic heterocycles. The molecule has 2 heterocycles. The van der Waals surface area contributed by atoms with Crippen molar-refractivity contribution in [1.29, 1.82) is 0 Å². The number of hydrogen-bond donors (Lipinski definition) is 2. The lowest BCUT2D eigenvalue weighted by atomic mass is 10.00. The maximum atomic E-state index is 12.6. The van der Waals surface area contributed by atoms with E-state index in [4.69, 9.17) is 9.47 Å². The summed E-state index contributed by atoms with van der Waals surface area (Å²) in [5.41, 5.74) is 3.31. The topological polar surface area (TPSA) is 76.7 Å². The van der Waals surface area contributed by atoms with E-state index in [1.807, 2.05) is 31.2 Å². The second kappa shape index (κ2) is 6.12. The van der Waals surface area contributed by atoms with Gasteiger partial charge in [-0.25, -0.2) is 0 Å². The monoisotopic (exact) mass is 338 g/mol. The number of rotatable bonds is 3. The zero-order valence-electron chi connectivity index (χ0n) is 13.8. The minimum atomic E-state index is -0.169. The van der Waals surface area contributed by atoms with E-state index in [2.05, 4.69) is 10.6 Å². The molecule has 0 spiro atoms. The lowest BCUT2D eigenvalue weighted by Crippen LogP contribution is -2.27. The normalized spacial score (nSPS) is 16.0. The smallest absolute Gasteiger partial charge is 0.251 e. The Balaban J connectivity index is 1.49. The van der Waals surface area contributed by atoms with E-state index in [-0.39, 0.29) is 24.6 Å². The van der Waals surface area contributed by atoms with Gasteiger partial charge in [-0.05, 0) is 54.8 Å². The molecule has 25 heavy (non-hydrogen) atoms. The highest BCUT2D eigenvalue weighted by atomic mass is 16.7. The van der Waals surface area contributed by atoms with Gasteiger partial charge in [0.1, 0.15) is 0 Å². The quantitative estimate of drug-likeness (QED) is 0.902. The van der Waals surface area contributed by atoms with Crippen molar-refractivity contribution < 1.29 is 19.1 Å². The zero-order valence-corrected chi connectivity index (χ0v) is 13.8. The van der Waals surface area contributed by atoms with Crippen molar-refractivity contribution in [3.8, 4) is 11.5 Å². The third kappa shape index (κ3) is 3.03. The van der Waals surface area contributed by atoms with Gasteiger partial charge < -0.3 is 20.1 Å². The first-order valence-electron chi connectivity index (χ1n) is 8.23. The van der Waals surface area contributed by atoms with E-state index >= 15 is 0 Å². The van der Waals surface area contributed by atoms with Crippen LogP contribution in [-0.4, -0.2) is 18.6 Å². The molecule has 0 aliphatic carbocycles. The fourth-order valence-electron chi connectivity index (χ4n) is 3.07. The molecule has 6 nitrogen and oxygen atoms in total. The molecule has 2 N–H and O–H groups in total. The molecule has 6 heteroatoms. The van der Waals surface area contributed by atoms with Crippen LogP contribution in [0.1, 0.15) is 40.9 Å². The van der Waals surface area contributed by atoms with Crippen molar-refractivity contribution in [3.63, 3.8) is 0 Å². The number of carbonyl (C=O) groups is 2. The molecule has 2 aliphatic rings. The number of ether oxygens (including phenoxy) is 2. The Hall–Kier alpha value is -3.02. The molecule has 2 aromatic carbocycles. The van der Waals surface area contributed by atoms with Crippen LogP contribution >= 0.6 is 0 Å². The van der Waals surface area contributed by atoms with Crippen molar-refractivity contribution in [3.05, 3.63) is 53.1 Å². The zero-order chi connectivity index (χ0) is 17.4. The van der Waals surface area contributed by atoms with Crippen LogP contribution in [0.2, 0.25) is 0 Å². The van der Waals surface area contributed by atoms with Crippen LogP contribution in [0, 0.1) is 0 Å². The van der Waals surface area contributed by atoms with E-state index in [1.165, 1.54) is 0 Å². The van der Waals surface area contributed by atoms with Crippen molar-refractivity contribution in [1.82, 2.24) is 5.32 Å². The average Bonchev–Trinajstić information content (AvgIpc) is 3.08. The minimum Gasteiger partial charge on any atom is -0.454 e. The van der Waals surface area contributed by atoms with Crippen LogP contribution in [0.5, 0.6) is 11.5 Å². The van der Waals surface area contributed by atoms with Crippen molar-refractivity contribution in [2.75, 3.05) is 12.1 Å². The number of benzene rings is 2. The molecule has 0 bridgehead atoms. The van der Waals surface area contributed by atoms with E-state index in [9.17, 15) is 9.59 Å². The van der Waals surface area contributed by atoms with E-state index in [0.29, 0.717) is 24.2 Å². The first-order chi connectivity index (χ1) is 12.1.